The predicted octanol–water partition coefficient (Wildman–Crippen LogP) is 0.1000. The van der Waals surface area contributed by atoms with Gasteiger partial charge in [0.2, 0.25) is 11.4 Å². The van der Waals surface area contributed by atoms with E-state index in [2.05, 4.69) is 19.9 Å². The molecule has 0 saturated carbocycles. The molecule has 1 aromatic heterocycles. The van der Waals surface area contributed by atoms with Crippen LogP contribution >= 0.6 is 11.6 Å². The van der Waals surface area contributed by atoms with E-state index < -0.39 is 29.8 Å². The Morgan fingerprint density at radius 2 is 1.77 bits per heavy atom. The second kappa shape index (κ2) is 7.12. The number of rotatable bonds is 6. The van der Waals surface area contributed by atoms with Gasteiger partial charge in [0.25, 0.3) is 5.88 Å². The number of nitrogens with one attached hydrogen (secondary N) is 1. The molecule has 0 bridgehead atoms. The van der Waals surface area contributed by atoms with Crippen LogP contribution in [0.2, 0.25) is 5.02 Å². The molecule has 0 radical (unpaired) electrons. The molecule has 0 fully saturated rings. The molecule has 1 N–H and O–H groups in total. The molecule has 122 valence electrons. The van der Waals surface area contributed by atoms with Crippen LogP contribution in [0, 0.1) is 0 Å². The topological polar surface area (TPSA) is 117 Å². The molecule has 1 rings (SSSR count). The molecule has 0 aromatic carbocycles. The lowest BCUT2D eigenvalue weighted by Crippen LogP contribution is -2.62. The lowest BCUT2D eigenvalue weighted by molar-refractivity contribution is -0.165. The van der Waals surface area contributed by atoms with Crippen molar-refractivity contribution in [3.63, 3.8) is 0 Å². The highest BCUT2D eigenvalue weighted by Gasteiger charge is 2.51. The minimum atomic E-state index is -2.15. The Balaban J connectivity index is 3.34. The Hall–Kier alpha value is -2.29. The average Bonchev–Trinajstić information content (AvgIpc) is 2.84. The fraction of sp³-hybridized carbons (Fsp3) is 0.500. The molecule has 0 aliphatic carbocycles. The van der Waals surface area contributed by atoms with Crippen LogP contribution in [0.15, 0.2) is 4.52 Å². The van der Waals surface area contributed by atoms with Crippen molar-refractivity contribution in [3.8, 4) is 5.88 Å². The van der Waals surface area contributed by atoms with Crippen LogP contribution in [-0.4, -0.2) is 49.9 Å². The van der Waals surface area contributed by atoms with E-state index in [1.807, 2.05) is 0 Å². The standard InChI is InChI=1S/C12H15ClN2O7/c1-6(16)14-12(10(17)20-3,11(18)21-4)5-7-8(13)9(19-2)15-22-7/h5H2,1-4H3,(H,14,16). The van der Waals surface area contributed by atoms with E-state index >= 15 is 0 Å². The molecule has 1 amide bonds. The van der Waals surface area contributed by atoms with Gasteiger partial charge in [-0.15, -0.1) is 0 Å². The lowest BCUT2D eigenvalue weighted by atomic mass is 9.93. The third kappa shape index (κ3) is 3.30. The summed E-state index contributed by atoms with van der Waals surface area (Å²) >= 11 is 5.96. The Kier molecular flexibility index (Phi) is 5.75. The number of hydrogen-bond donors (Lipinski definition) is 1. The number of carbonyl (C=O) groups excluding carboxylic acids is 3. The van der Waals surface area contributed by atoms with Gasteiger partial charge in [0.15, 0.2) is 5.76 Å². The maximum atomic E-state index is 12.1. The van der Waals surface area contributed by atoms with Crippen molar-refractivity contribution in [1.29, 1.82) is 0 Å². The van der Waals surface area contributed by atoms with Gasteiger partial charge in [-0.25, -0.2) is 9.59 Å². The van der Waals surface area contributed by atoms with Crippen LogP contribution < -0.4 is 10.1 Å². The molecule has 1 heterocycles. The SMILES string of the molecule is COC(=O)C(Cc1onc(OC)c1Cl)(NC(C)=O)C(=O)OC. The van der Waals surface area contributed by atoms with Crippen LogP contribution in [0.3, 0.4) is 0 Å². The van der Waals surface area contributed by atoms with Crippen LogP contribution in [0.4, 0.5) is 0 Å². The molecule has 1 aromatic rings. The Morgan fingerprint density at radius 3 is 2.14 bits per heavy atom. The first-order valence-corrected chi connectivity index (χ1v) is 6.33. The minimum Gasteiger partial charge on any atom is -0.478 e. The average molecular weight is 335 g/mol. The quantitative estimate of drug-likeness (QED) is 0.575. The molecule has 9 nitrogen and oxygen atoms in total. The summed E-state index contributed by atoms with van der Waals surface area (Å²) in [5.74, 6) is -2.81. The first-order valence-electron chi connectivity index (χ1n) is 5.96. The summed E-state index contributed by atoms with van der Waals surface area (Å²) in [6, 6.07) is 0. The highest BCUT2D eigenvalue weighted by Crippen LogP contribution is 2.30. The van der Waals surface area contributed by atoms with Crippen molar-refractivity contribution in [2.75, 3.05) is 21.3 Å². The highest BCUT2D eigenvalue weighted by molar-refractivity contribution is 6.32. The number of halogens is 1. The third-order valence-electron chi connectivity index (χ3n) is 2.75. The van der Waals surface area contributed by atoms with Gasteiger partial charge in [0, 0.05) is 6.92 Å². The molecule has 0 saturated heterocycles. The molecule has 10 heteroatoms. The van der Waals surface area contributed by atoms with E-state index in [0.29, 0.717) is 0 Å². The van der Waals surface area contributed by atoms with E-state index in [1.165, 1.54) is 7.11 Å². The lowest BCUT2D eigenvalue weighted by Gasteiger charge is -2.27. The van der Waals surface area contributed by atoms with Gasteiger partial charge in [-0.2, -0.15) is 0 Å². The summed E-state index contributed by atoms with van der Waals surface area (Å²) < 4.78 is 19.0. The number of hydrogen-bond acceptors (Lipinski definition) is 8. The fourth-order valence-corrected chi connectivity index (χ4v) is 2.01. The summed E-state index contributed by atoms with van der Waals surface area (Å²) in [6.07, 6.45) is -0.457. The van der Waals surface area contributed by atoms with Crippen molar-refractivity contribution in [2.45, 2.75) is 18.9 Å². The van der Waals surface area contributed by atoms with Gasteiger partial charge >= 0.3 is 11.9 Å². The molecule has 0 aliphatic rings. The van der Waals surface area contributed by atoms with Crippen molar-refractivity contribution in [2.24, 2.45) is 0 Å². The number of nitrogens with zero attached hydrogens (tertiary/aromatic N) is 1. The van der Waals surface area contributed by atoms with Crippen molar-refractivity contribution in [3.05, 3.63) is 10.8 Å². The number of methoxy groups -OCH3 is 3. The third-order valence-corrected chi connectivity index (χ3v) is 3.12. The zero-order valence-electron chi connectivity index (χ0n) is 12.4. The van der Waals surface area contributed by atoms with Crippen molar-refractivity contribution in [1.82, 2.24) is 10.5 Å². The second-order valence-electron chi connectivity index (χ2n) is 4.18. The Morgan fingerprint density at radius 1 is 1.23 bits per heavy atom. The predicted molar refractivity (Wildman–Crippen MR) is 72.3 cm³/mol. The zero-order valence-corrected chi connectivity index (χ0v) is 13.1. The van der Waals surface area contributed by atoms with Crippen molar-refractivity contribution >= 4 is 29.4 Å². The van der Waals surface area contributed by atoms with E-state index in [4.69, 9.17) is 20.9 Å². The largest absolute Gasteiger partial charge is 0.478 e. The molecular weight excluding hydrogens is 320 g/mol. The van der Waals surface area contributed by atoms with Gasteiger partial charge in [0.1, 0.15) is 5.02 Å². The van der Waals surface area contributed by atoms with E-state index in [1.54, 1.807) is 0 Å². The molecule has 0 unspecified atom stereocenters. The maximum Gasteiger partial charge on any atom is 0.343 e. The van der Waals surface area contributed by atoms with Crippen molar-refractivity contribution < 1.29 is 33.1 Å². The highest BCUT2D eigenvalue weighted by atomic mass is 35.5. The summed E-state index contributed by atoms with van der Waals surface area (Å²) in [5.41, 5.74) is -2.15. The molecule has 0 aliphatic heterocycles. The normalized spacial score (nSPS) is 10.8. The number of ether oxygens (including phenoxy) is 3. The Bertz CT molecular complexity index is 568. The summed E-state index contributed by atoms with van der Waals surface area (Å²) in [6.45, 7) is 1.13. The van der Waals surface area contributed by atoms with Gasteiger partial charge in [0.05, 0.1) is 27.8 Å². The van der Waals surface area contributed by atoms with E-state index in [-0.39, 0.29) is 16.7 Å². The van der Waals surface area contributed by atoms with Crippen LogP contribution in [0.25, 0.3) is 0 Å². The monoisotopic (exact) mass is 334 g/mol. The van der Waals surface area contributed by atoms with Crippen LogP contribution in [-0.2, 0) is 30.3 Å². The number of carbonyl (C=O) groups is 3. The number of esters is 2. The van der Waals surface area contributed by atoms with Gasteiger partial charge in [-0.3, -0.25) is 4.79 Å². The molecule has 22 heavy (non-hydrogen) atoms. The first-order chi connectivity index (χ1) is 10.3. The molecule has 0 atom stereocenters. The van der Waals surface area contributed by atoms with E-state index in [9.17, 15) is 14.4 Å². The number of aromatic nitrogens is 1. The zero-order chi connectivity index (χ0) is 16.9. The number of amides is 1. The van der Waals surface area contributed by atoms with Gasteiger partial charge in [-0.05, 0) is 5.16 Å². The fourth-order valence-electron chi connectivity index (χ4n) is 1.80. The van der Waals surface area contributed by atoms with Gasteiger partial charge < -0.3 is 24.1 Å². The minimum absolute atomic E-state index is 0.0249. The molecule has 0 spiro atoms. The van der Waals surface area contributed by atoms with Crippen LogP contribution in [0.5, 0.6) is 5.88 Å². The summed E-state index contributed by atoms with van der Waals surface area (Å²) in [5, 5.41) is 5.71. The summed E-state index contributed by atoms with van der Waals surface area (Å²) in [7, 11) is 3.43. The van der Waals surface area contributed by atoms with Gasteiger partial charge in [-0.1, -0.05) is 11.6 Å². The second-order valence-corrected chi connectivity index (χ2v) is 4.55. The maximum absolute atomic E-state index is 12.1. The first kappa shape index (κ1) is 17.8. The summed E-state index contributed by atoms with van der Waals surface area (Å²) in [4.78, 5) is 35.6. The Labute approximate surface area is 130 Å². The van der Waals surface area contributed by atoms with Crippen LogP contribution in [0.1, 0.15) is 12.7 Å². The molecular formula is C12H15ClN2O7. The van der Waals surface area contributed by atoms with E-state index in [0.717, 1.165) is 21.1 Å². The smallest absolute Gasteiger partial charge is 0.343 e.